The third kappa shape index (κ3) is 4.31. The van der Waals surface area contributed by atoms with Gasteiger partial charge in [0, 0.05) is 18.9 Å². The topological polar surface area (TPSA) is 51.2 Å². The van der Waals surface area contributed by atoms with Crippen molar-refractivity contribution in [2.45, 2.75) is 33.4 Å². The summed E-state index contributed by atoms with van der Waals surface area (Å²) in [6.45, 7) is 6.23. The number of rotatable bonds is 5. The summed E-state index contributed by atoms with van der Waals surface area (Å²) < 4.78 is 5.73. The fourth-order valence-corrected chi connectivity index (χ4v) is 2.01. The van der Waals surface area contributed by atoms with E-state index in [1.807, 2.05) is 44.2 Å². The highest BCUT2D eigenvalue weighted by Gasteiger charge is 2.15. The van der Waals surface area contributed by atoms with Gasteiger partial charge in [0.2, 0.25) is 0 Å². The molecule has 110 valence electrons. The van der Waals surface area contributed by atoms with Crippen molar-refractivity contribution in [3.8, 4) is 5.75 Å². The zero-order chi connectivity index (χ0) is 15.2. The molecule has 4 heteroatoms. The van der Waals surface area contributed by atoms with E-state index in [0.29, 0.717) is 6.54 Å². The van der Waals surface area contributed by atoms with E-state index >= 15 is 0 Å². The van der Waals surface area contributed by atoms with Crippen molar-refractivity contribution in [3.05, 3.63) is 59.4 Å². The van der Waals surface area contributed by atoms with Gasteiger partial charge in [0.25, 0.3) is 5.91 Å². The molecular weight excluding hydrogens is 264 g/mol. The van der Waals surface area contributed by atoms with Crippen molar-refractivity contribution < 1.29 is 9.53 Å². The first-order valence-electron chi connectivity index (χ1n) is 6.97. The van der Waals surface area contributed by atoms with Crippen molar-refractivity contribution >= 4 is 5.91 Å². The molecule has 0 radical (unpaired) electrons. The van der Waals surface area contributed by atoms with Crippen LogP contribution in [0, 0.1) is 13.8 Å². The van der Waals surface area contributed by atoms with E-state index < -0.39 is 6.10 Å². The molecule has 2 aromatic rings. The highest BCUT2D eigenvalue weighted by molar-refractivity contribution is 5.80. The molecule has 1 aromatic heterocycles. The van der Waals surface area contributed by atoms with E-state index in [-0.39, 0.29) is 5.91 Å². The number of nitrogens with one attached hydrogen (secondary N) is 1. The fraction of sp³-hybridized carbons (Fsp3) is 0.294. The maximum atomic E-state index is 12.0. The third-order valence-electron chi connectivity index (χ3n) is 3.22. The molecule has 0 aliphatic rings. The zero-order valence-corrected chi connectivity index (χ0v) is 12.6. The largest absolute Gasteiger partial charge is 0.481 e. The smallest absolute Gasteiger partial charge is 0.261 e. The maximum absolute atomic E-state index is 12.0. The lowest BCUT2D eigenvalue weighted by Crippen LogP contribution is -2.36. The van der Waals surface area contributed by atoms with Gasteiger partial charge in [-0.25, -0.2) is 0 Å². The van der Waals surface area contributed by atoms with Gasteiger partial charge in [-0.1, -0.05) is 17.7 Å². The number of pyridine rings is 1. The van der Waals surface area contributed by atoms with E-state index in [1.165, 1.54) is 5.56 Å². The minimum atomic E-state index is -0.534. The lowest BCUT2D eigenvalue weighted by atomic mass is 10.1. The minimum Gasteiger partial charge on any atom is -0.481 e. The quantitative estimate of drug-likeness (QED) is 0.918. The standard InChI is InChI=1S/C17H20N2O2/c1-12-4-5-16(13(2)10-12)21-14(3)17(20)19-11-15-6-8-18-9-7-15/h4-10,14H,11H2,1-3H3,(H,19,20)/t14-/m1/s1. The van der Waals surface area contributed by atoms with Gasteiger partial charge in [-0.3, -0.25) is 9.78 Å². The van der Waals surface area contributed by atoms with Crippen molar-refractivity contribution in [3.63, 3.8) is 0 Å². The van der Waals surface area contributed by atoms with E-state index in [4.69, 9.17) is 4.74 Å². The molecule has 1 heterocycles. The Morgan fingerprint density at radius 1 is 1.24 bits per heavy atom. The van der Waals surface area contributed by atoms with Crippen LogP contribution in [-0.2, 0) is 11.3 Å². The number of hydrogen-bond acceptors (Lipinski definition) is 3. The molecule has 1 aromatic carbocycles. The fourth-order valence-electron chi connectivity index (χ4n) is 2.01. The van der Waals surface area contributed by atoms with Gasteiger partial charge in [0.1, 0.15) is 5.75 Å². The second kappa shape index (κ2) is 6.88. The van der Waals surface area contributed by atoms with Gasteiger partial charge < -0.3 is 10.1 Å². The van der Waals surface area contributed by atoms with Crippen molar-refractivity contribution in [2.75, 3.05) is 0 Å². The van der Waals surface area contributed by atoms with Gasteiger partial charge in [-0.05, 0) is 50.1 Å². The Kier molecular flexibility index (Phi) is 4.93. The second-order valence-electron chi connectivity index (χ2n) is 5.10. The highest BCUT2D eigenvalue weighted by atomic mass is 16.5. The summed E-state index contributed by atoms with van der Waals surface area (Å²) in [5, 5.41) is 2.86. The van der Waals surface area contributed by atoms with Gasteiger partial charge in [0.15, 0.2) is 6.10 Å². The third-order valence-corrected chi connectivity index (χ3v) is 3.22. The summed E-state index contributed by atoms with van der Waals surface area (Å²) in [6, 6.07) is 9.66. The summed E-state index contributed by atoms with van der Waals surface area (Å²) in [6.07, 6.45) is 2.88. The lowest BCUT2D eigenvalue weighted by Gasteiger charge is -2.16. The molecule has 0 aliphatic carbocycles. The predicted octanol–water partition coefficient (Wildman–Crippen LogP) is 2.78. The van der Waals surface area contributed by atoms with Crippen LogP contribution in [0.4, 0.5) is 0 Å². The van der Waals surface area contributed by atoms with Crippen LogP contribution in [0.15, 0.2) is 42.7 Å². The number of carbonyl (C=O) groups is 1. The molecule has 2 rings (SSSR count). The first-order valence-corrected chi connectivity index (χ1v) is 6.97. The minimum absolute atomic E-state index is 0.133. The number of nitrogens with zero attached hydrogens (tertiary/aromatic N) is 1. The number of carbonyl (C=O) groups excluding carboxylic acids is 1. The maximum Gasteiger partial charge on any atom is 0.261 e. The predicted molar refractivity (Wildman–Crippen MR) is 82.1 cm³/mol. The Labute approximate surface area is 125 Å². The average Bonchev–Trinajstić information content (AvgIpc) is 2.48. The first kappa shape index (κ1) is 15.0. The number of amides is 1. The summed E-state index contributed by atoms with van der Waals surface area (Å²) >= 11 is 0. The van der Waals surface area contributed by atoms with Crippen molar-refractivity contribution in [1.29, 1.82) is 0 Å². The molecule has 0 saturated carbocycles. The van der Waals surface area contributed by atoms with Crippen molar-refractivity contribution in [2.24, 2.45) is 0 Å². The molecule has 0 aliphatic heterocycles. The van der Waals surface area contributed by atoms with Crippen LogP contribution >= 0.6 is 0 Å². The monoisotopic (exact) mass is 284 g/mol. The number of ether oxygens (including phenoxy) is 1. The number of aryl methyl sites for hydroxylation is 2. The van der Waals surface area contributed by atoms with Gasteiger partial charge >= 0.3 is 0 Å². The summed E-state index contributed by atoms with van der Waals surface area (Å²) in [7, 11) is 0. The number of aromatic nitrogens is 1. The Balaban J connectivity index is 1.90. The molecule has 1 N–H and O–H groups in total. The molecule has 0 saturated heterocycles. The van der Waals surface area contributed by atoms with Crippen LogP contribution in [0.25, 0.3) is 0 Å². The van der Waals surface area contributed by atoms with Crippen LogP contribution in [0.5, 0.6) is 5.75 Å². The van der Waals surface area contributed by atoms with Crippen LogP contribution in [0.3, 0.4) is 0 Å². The number of hydrogen-bond donors (Lipinski definition) is 1. The summed E-state index contributed by atoms with van der Waals surface area (Å²) in [5.74, 6) is 0.610. The average molecular weight is 284 g/mol. The molecule has 0 spiro atoms. The first-order chi connectivity index (χ1) is 10.1. The SMILES string of the molecule is Cc1ccc(O[C@H](C)C(=O)NCc2ccncc2)c(C)c1. The molecule has 0 fully saturated rings. The molecule has 0 bridgehead atoms. The Bertz CT molecular complexity index is 611. The van der Waals surface area contributed by atoms with Crippen LogP contribution in [0.2, 0.25) is 0 Å². The van der Waals surface area contributed by atoms with Crippen LogP contribution in [0.1, 0.15) is 23.6 Å². The summed E-state index contributed by atoms with van der Waals surface area (Å²) in [4.78, 5) is 16.0. The Morgan fingerprint density at radius 2 is 1.95 bits per heavy atom. The van der Waals surface area contributed by atoms with E-state index in [1.54, 1.807) is 19.3 Å². The van der Waals surface area contributed by atoms with Gasteiger partial charge in [0.05, 0.1) is 0 Å². The van der Waals surface area contributed by atoms with Crippen molar-refractivity contribution in [1.82, 2.24) is 10.3 Å². The zero-order valence-electron chi connectivity index (χ0n) is 12.6. The molecule has 0 unspecified atom stereocenters. The highest BCUT2D eigenvalue weighted by Crippen LogP contribution is 2.20. The van der Waals surface area contributed by atoms with Crippen LogP contribution in [-0.4, -0.2) is 17.0 Å². The molecule has 4 nitrogen and oxygen atoms in total. The Hall–Kier alpha value is -2.36. The molecular formula is C17H20N2O2. The van der Waals surface area contributed by atoms with E-state index in [9.17, 15) is 4.79 Å². The van der Waals surface area contributed by atoms with Gasteiger partial charge in [-0.2, -0.15) is 0 Å². The number of benzene rings is 1. The van der Waals surface area contributed by atoms with Crippen LogP contribution < -0.4 is 10.1 Å². The Morgan fingerprint density at radius 3 is 2.62 bits per heavy atom. The molecule has 1 amide bonds. The van der Waals surface area contributed by atoms with E-state index in [0.717, 1.165) is 16.9 Å². The molecule has 1 atom stereocenters. The van der Waals surface area contributed by atoms with Gasteiger partial charge in [-0.15, -0.1) is 0 Å². The summed E-state index contributed by atoms with van der Waals surface area (Å²) in [5.41, 5.74) is 3.22. The van der Waals surface area contributed by atoms with E-state index in [2.05, 4.69) is 10.3 Å². The molecule has 21 heavy (non-hydrogen) atoms. The lowest BCUT2D eigenvalue weighted by molar-refractivity contribution is -0.127. The normalized spacial score (nSPS) is 11.8. The second-order valence-corrected chi connectivity index (χ2v) is 5.10.